The van der Waals surface area contributed by atoms with Crippen molar-refractivity contribution in [3.63, 3.8) is 0 Å². The zero-order valence-corrected chi connectivity index (χ0v) is 19.4. The van der Waals surface area contributed by atoms with Crippen LogP contribution in [0.25, 0.3) is 0 Å². The molecule has 0 saturated carbocycles. The first-order valence-electron chi connectivity index (χ1n) is 10.7. The molecule has 0 aliphatic rings. The maximum atomic E-state index is 11.5. The number of ether oxygens (including phenoxy) is 1. The molecule has 1 atom stereocenters. The molecule has 0 heterocycles. The Balaban J connectivity index is 3.15. The molecule has 0 bridgehead atoms. The predicted octanol–water partition coefficient (Wildman–Crippen LogP) is -0.129. The van der Waals surface area contributed by atoms with E-state index in [0.717, 1.165) is 5.56 Å². The van der Waals surface area contributed by atoms with Crippen LogP contribution in [0, 0.1) is 0 Å². The summed E-state index contributed by atoms with van der Waals surface area (Å²) in [4.78, 5) is 49.9. The highest BCUT2D eigenvalue weighted by Gasteiger charge is 2.27. The Labute approximate surface area is 197 Å². The number of likely N-dealkylation sites (N-methyl/N-ethyl adjacent to an activating group) is 1. The van der Waals surface area contributed by atoms with Crippen LogP contribution < -0.4 is 4.74 Å². The van der Waals surface area contributed by atoms with Gasteiger partial charge in [-0.25, -0.2) is 0 Å². The van der Waals surface area contributed by atoms with E-state index in [1.54, 1.807) is 41.0 Å². The second-order valence-electron chi connectivity index (χ2n) is 7.79. The standard InChI is InChI=1S/C22H33N3O9/c1-3-23(12-19(26)27)8-9-24(13-20(28)29)11-17(25(14-21(30)31)15-22(32)33)10-16-4-6-18(34-2)7-5-16/h4-7,17H,3,8-15H2,1-2H3,(H,26,27)(H,28,29)(H,30,31)(H,32,33). The molecular weight excluding hydrogens is 450 g/mol. The van der Waals surface area contributed by atoms with E-state index in [2.05, 4.69) is 0 Å². The highest BCUT2D eigenvalue weighted by Crippen LogP contribution is 2.16. The zero-order chi connectivity index (χ0) is 25.7. The minimum absolute atomic E-state index is 0.0729. The average Bonchev–Trinajstić information content (AvgIpc) is 2.74. The molecule has 34 heavy (non-hydrogen) atoms. The van der Waals surface area contributed by atoms with Gasteiger partial charge in [0.25, 0.3) is 0 Å². The van der Waals surface area contributed by atoms with Crippen molar-refractivity contribution < 1.29 is 44.3 Å². The number of carboxylic acids is 4. The van der Waals surface area contributed by atoms with Crippen molar-refractivity contribution in [1.82, 2.24) is 14.7 Å². The normalized spacial score (nSPS) is 12.1. The maximum absolute atomic E-state index is 11.5. The first kappa shape index (κ1) is 28.8. The van der Waals surface area contributed by atoms with Gasteiger partial charge in [0.1, 0.15) is 5.75 Å². The van der Waals surface area contributed by atoms with Gasteiger partial charge >= 0.3 is 23.9 Å². The van der Waals surface area contributed by atoms with Crippen LogP contribution in [0.5, 0.6) is 5.75 Å². The fourth-order valence-corrected chi connectivity index (χ4v) is 3.55. The van der Waals surface area contributed by atoms with E-state index >= 15 is 0 Å². The van der Waals surface area contributed by atoms with Crippen molar-refractivity contribution >= 4 is 23.9 Å². The number of nitrogens with zero attached hydrogens (tertiary/aromatic N) is 3. The molecule has 0 aliphatic heterocycles. The van der Waals surface area contributed by atoms with Gasteiger partial charge < -0.3 is 25.2 Å². The van der Waals surface area contributed by atoms with E-state index in [0.29, 0.717) is 12.3 Å². The summed E-state index contributed by atoms with van der Waals surface area (Å²) in [5.74, 6) is -3.89. The third-order valence-corrected chi connectivity index (χ3v) is 5.19. The number of rotatable bonds is 18. The summed E-state index contributed by atoms with van der Waals surface area (Å²) in [6, 6.07) is 6.38. The third-order valence-electron chi connectivity index (χ3n) is 5.19. The van der Waals surface area contributed by atoms with Crippen LogP contribution in [-0.2, 0) is 25.6 Å². The molecular formula is C22H33N3O9. The lowest BCUT2D eigenvalue weighted by Gasteiger charge is -2.34. The van der Waals surface area contributed by atoms with E-state index in [1.807, 2.05) is 0 Å². The lowest BCUT2D eigenvalue weighted by atomic mass is 10.0. The van der Waals surface area contributed by atoms with Gasteiger partial charge in [-0.05, 0) is 30.7 Å². The second-order valence-corrected chi connectivity index (χ2v) is 7.79. The average molecular weight is 484 g/mol. The summed E-state index contributed by atoms with van der Waals surface area (Å²) in [6.07, 6.45) is 0.271. The Hall–Kier alpha value is -3.22. The van der Waals surface area contributed by atoms with E-state index < -0.39 is 43.0 Å². The monoisotopic (exact) mass is 483 g/mol. The number of aliphatic carboxylic acids is 4. The topological polar surface area (TPSA) is 168 Å². The fraction of sp³-hybridized carbons (Fsp3) is 0.545. The molecule has 0 amide bonds. The summed E-state index contributed by atoms with van der Waals surface area (Å²) >= 11 is 0. The minimum Gasteiger partial charge on any atom is -0.497 e. The number of hydrogen-bond donors (Lipinski definition) is 4. The van der Waals surface area contributed by atoms with Crippen LogP contribution in [0.3, 0.4) is 0 Å². The molecule has 0 aromatic heterocycles. The zero-order valence-electron chi connectivity index (χ0n) is 19.4. The Morgan fingerprint density at radius 2 is 1.26 bits per heavy atom. The van der Waals surface area contributed by atoms with Crippen LogP contribution in [0.4, 0.5) is 0 Å². The van der Waals surface area contributed by atoms with Crippen LogP contribution in [0.1, 0.15) is 12.5 Å². The molecule has 0 saturated heterocycles. The summed E-state index contributed by atoms with van der Waals surface area (Å²) in [7, 11) is 1.52. The number of methoxy groups -OCH3 is 1. The van der Waals surface area contributed by atoms with Crippen LogP contribution in [-0.4, -0.2) is 125 Å². The predicted molar refractivity (Wildman–Crippen MR) is 121 cm³/mol. The van der Waals surface area contributed by atoms with Crippen LogP contribution >= 0.6 is 0 Å². The molecule has 1 aromatic carbocycles. The van der Waals surface area contributed by atoms with E-state index in [-0.39, 0.29) is 39.1 Å². The first-order valence-corrected chi connectivity index (χ1v) is 10.7. The SMILES string of the molecule is CCN(CCN(CC(=O)O)CC(Cc1ccc(OC)cc1)N(CC(=O)O)CC(=O)O)CC(=O)O. The van der Waals surface area contributed by atoms with Crippen molar-refractivity contribution in [3.8, 4) is 5.75 Å². The quantitative estimate of drug-likeness (QED) is 0.219. The van der Waals surface area contributed by atoms with Crippen molar-refractivity contribution in [2.45, 2.75) is 19.4 Å². The molecule has 190 valence electrons. The van der Waals surface area contributed by atoms with Gasteiger partial charge in [0.2, 0.25) is 0 Å². The number of hydrogen-bond acceptors (Lipinski definition) is 8. The third kappa shape index (κ3) is 11.6. The van der Waals surface area contributed by atoms with Gasteiger partial charge in [-0.15, -0.1) is 0 Å². The minimum atomic E-state index is -1.20. The largest absolute Gasteiger partial charge is 0.497 e. The lowest BCUT2D eigenvalue weighted by Crippen LogP contribution is -2.51. The molecule has 1 rings (SSSR count). The number of carbonyl (C=O) groups is 4. The van der Waals surface area contributed by atoms with Gasteiger partial charge in [0, 0.05) is 25.7 Å². The number of benzene rings is 1. The lowest BCUT2D eigenvalue weighted by molar-refractivity contribution is -0.144. The summed E-state index contributed by atoms with van der Waals surface area (Å²) in [5.41, 5.74) is 0.794. The molecule has 12 nitrogen and oxygen atoms in total. The highest BCUT2D eigenvalue weighted by molar-refractivity contribution is 5.72. The Kier molecular flexibility index (Phi) is 12.6. The van der Waals surface area contributed by atoms with Gasteiger partial charge in [-0.2, -0.15) is 0 Å². The second kappa shape index (κ2) is 14.8. The van der Waals surface area contributed by atoms with Gasteiger partial charge in [-0.1, -0.05) is 19.1 Å². The first-order chi connectivity index (χ1) is 16.0. The Morgan fingerprint density at radius 1 is 0.794 bits per heavy atom. The molecule has 12 heteroatoms. The molecule has 1 unspecified atom stereocenters. The molecule has 1 aromatic rings. The Morgan fingerprint density at radius 3 is 1.71 bits per heavy atom. The van der Waals surface area contributed by atoms with Crippen molar-refractivity contribution in [1.29, 1.82) is 0 Å². The fourth-order valence-electron chi connectivity index (χ4n) is 3.55. The highest BCUT2D eigenvalue weighted by atomic mass is 16.5. The molecule has 0 fully saturated rings. The van der Waals surface area contributed by atoms with Crippen molar-refractivity contribution in [3.05, 3.63) is 29.8 Å². The molecule has 0 radical (unpaired) electrons. The van der Waals surface area contributed by atoms with Gasteiger partial charge in [0.05, 0.1) is 33.3 Å². The van der Waals surface area contributed by atoms with Crippen LogP contribution in [0.2, 0.25) is 0 Å². The van der Waals surface area contributed by atoms with Crippen LogP contribution in [0.15, 0.2) is 24.3 Å². The maximum Gasteiger partial charge on any atom is 0.317 e. The summed E-state index contributed by atoms with van der Waals surface area (Å²) in [6.45, 7) is 1.18. The van der Waals surface area contributed by atoms with Gasteiger partial charge in [-0.3, -0.25) is 33.9 Å². The van der Waals surface area contributed by atoms with E-state index in [9.17, 15) is 34.5 Å². The van der Waals surface area contributed by atoms with Crippen molar-refractivity contribution in [2.75, 3.05) is 59.5 Å². The molecule has 0 aliphatic carbocycles. The molecule has 0 spiro atoms. The van der Waals surface area contributed by atoms with Crippen molar-refractivity contribution in [2.24, 2.45) is 0 Å². The summed E-state index contributed by atoms with van der Waals surface area (Å²) in [5, 5.41) is 37.1. The number of carboxylic acid groups (broad SMARTS) is 4. The van der Waals surface area contributed by atoms with E-state index in [1.165, 1.54) is 12.0 Å². The molecule has 4 N–H and O–H groups in total. The van der Waals surface area contributed by atoms with Gasteiger partial charge in [0.15, 0.2) is 0 Å². The summed E-state index contributed by atoms with van der Waals surface area (Å²) < 4.78 is 5.14. The smallest absolute Gasteiger partial charge is 0.317 e. The van der Waals surface area contributed by atoms with E-state index in [4.69, 9.17) is 9.84 Å². The Bertz CT molecular complexity index is 800.